The summed E-state index contributed by atoms with van der Waals surface area (Å²) in [6, 6.07) is 6.48. The number of hydrogen-bond acceptors (Lipinski definition) is 7. The van der Waals surface area contributed by atoms with E-state index in [1.54, 1.807) is 47.0 Å². The number of rotatable bonds is 9. The Labute approximate surface area is 199 Å². The van der Waals surface area contributed by atoms with Gasteiger partial charge in [0.2, 0.25) is 0 Å². The van der Waals surface area contributed by atoms with Crippen LogP contribution in [-0.2, 0) is 23.1 Å². The SMILES string of the molecule is Cc1cc(-c2nc3cc(CN[C@H](C(=O)OC(C)C)[C@@H](C)O)ccc3n2[C@@H](C)CO)cn(C)c1=O. The molecule has 3 N–H and O–H groups in total. The van der Waals surface area contributed by atoms with Crippen molar-refractivity contribution in [1.82, 2.24) is 19.4 Å². The lowest BCUT2D eigenvalue weighted by Gasteiger charge is -2.21. The van der Waals surface area contributed by atoms with Crippen LogP contribution < -0.4 is 10.9 Å². The lowest BCUT2D eigenvalue weighted by Crippen LogP contribution is -2.46. The average Bonchev–Trinajstić information content (AvgIpc) is 3.14. The Morgan fingerprint density at radius 1 is 1.21 bits per heavy atom. The number of aromatic nitrogens is 3. The van der Waals surface area contributed by atoms with Gasteiger partial charge in [-0.05, 0) is 58.4 Å². The number of nitrogens with zero attached hydrogens (tertiary/aromatic N) is 3. The van der Waals surface area contributed by atoms with Crippen LogP contribution in [-0.4, -0.2) is 55.2 Å². The van der Waals surface area contributed by atoms with Crippen LogP contribution in [0.2, 0.25) is 0 Å². The molecular weight excluding hydrogens is 436 g/mol. The van der Waals surface area contributed by atoms with Gasteiger partial charge in [-0.1, -0.05) is 6.07 Å². The zero-order valence-corrected chi connectivity index (χ0v) is 20.6. The summed E-state index contributed by atoms with van der Waals surface area (Å²) in [5.41, 5.74) is 3.76. The Kier molecular flexibility index (Phi) is 7.91. The minimum atomic E-state index is -0.917. The number of nitrogens with one attached hydrogen (secondary N) is 1. The van der Waals surface area contributed by atoms with Gasteiger partial charge in [-0.2, -0.15) is 0 Å². The molecule has 34 heavy (non-hydrogen) atoms. The van der Waals surface area contributed by atoms with Crippen LogP contribution in [0.5, 0.6) is 0 Å². The fraction of sp³-hybridized carbons (Fsp3) is 0.480. The molecule has 3 aromatic rings. The van der Waals surface area contributed by atoms with Gasteiger partial charge in [0, 0.05) is 30.9 Å². The fourth-order valence-electron chi connectivity index (χ4n) is 3.97. The maximum Gasteiger partial charge on any atom is 0.326 e. The predicted molar refractivity (Wildman–Crippen MR) is 130 cm³/mol. The zero-order valence-electron chi connectivity index (χ0n) is 20.6. The molecule has 0 bridgehead atoms. The Hall–Kier alpha value is -3.01. The summed E-state index contributed by atoms with van der Waals surface area (Å²) in [7, 11) is 1.70. The van der Waals surface area contributed by atoms with Crippen molar-refractivity contribution in [2.75, 3.05) is 6.61 Å². The summed E-state index contributed by atoms with van der Waals surface area (Å²) >= 11 is 0. The smallest absolute Gasteiger partial charge is 0.326 e. The second kappa shape index (κ2) is 10.5. The van der Waals surface area contributed by atoms with E-state index in [1.165, 1.54) is 4.57 Å². The minimum Gasteiger partial charge on any atom is -0.462 e. The van der Waals surface area contributed by atoms with Crippen LogP contribution in [0.3, 0.4) is 0 Å². The van der Waals surface area contributed by atoms with Gasteiger partial charge >= 0.3 is 5.97 Å². The first-order valence-corrected chi connectivity index (χ1v) is 11.4. The van der Waals surface area contributed by atoms with E-state index in [0.717, 1.165) is 22.2 Å². The minimum absolute atomic E-state index is 0.0689. The lowest BCUT2D eigenvalue weighted by atomic mass is 10.1. The zero-order chi connectivity index (χ0) is 25.2. The van der Waals surface area contributed by atoms with Crippen LogP contribution in [0.4, 0.5) is 0 Å². The van der Waals surface area contributed by atoms with E-state index < -0.39 is 18.1 Å². The molecule has 0 fully saturated rings. The number of aliphatic hydroxyl groups is 2. The van der Waals surface area contributed by atoms with E-state index in [0.29, 0.717) is 17.9 Å². The van der Waals surface area contributed by atoms with Gasteiger partial charge in [0.05, 0.1) is 35.9 Å². The first-order valence-electron chi connectivity index (χ1n) is 11.4. The van der Waals surface area contributed by atoms with E-state index in [4.69, 9.17) is 9.72 Å². The quantitative estimate of drug-likeness (QED) is 0.410. The van der Waals surface area contributed by atoms with Crippen LogP contribution >= 0.6 is 0 Å². The van der Waals surface area contributed by atoms with Crippen LogP contribution in [0.25, 0.3) is 22.4 Å². The number of pyridine rings is 1. The molecule has 0 saturated heterocycles. The average molecular weight is 471 g/mol. The highest BCUT2D eigenvalue weighted by Gasteiger charge is 2.26. The molecule has 184 valence electrons. The molecule has 9 nitrogen and oxygen atoms in total. The molecule has 0 aliphatic heterocycles. The molecule has 0 unspecified atom stereocenters. The number of carbonyl (C=O) groups is 1. The molecule has 0 amide bonds. The van der Waals surface area contributed by atoms with Gasteiger partial charge in [0.25, 0.3) is 5.56 Å². The third kappa shape index (κ3) is 5.38. The number of fused-ring (bicyclic) bond motifs is 1. The monoisotopic (exact) mass is 470 g/mol. The second-order valence-electron chi connectivity index (χ2n) is 9.07. The molecular formula is C25H34N4O5. The van der Waals surface area contributed by atoms with Crippen molar-refractivity contribution in [3.05, 3.63) is 51.9 Å². The Morgan fingerprint density at radius 3 is 2.50 bits per heavy atom. The molecule has 0 radical (unpaired) electrons. The summed E-state index contributed by atoms with van der Waals surface area (Å²) in [6.07, 6.45) is 0.552. The number of hydrogen-bond donors (Lipinski definition) is 3. The van der Waals surface area contributed by atoms with Gasteiger partial charge in [0.15, 0.2) is 0 Å². The lowest BCUT2D eigenvalue weighted by molar-refractivity contribution is -0.152. The Balaban J connectivity index is 1.98. The van der Waals surface area contributed by atoms with Gasteiger partial charge in [0.1, 0.15) is 11.9 Å². The summed E-state index contributed by atoms with van der Waals surface area (Å²) in [4.78, 5) is 29.3. The van der Waals surface area contributed by atoms with Gasteiger partial charge < -0.3 is 24.1 Å². The number of aryl methyl sites for hydroxylation is 2. The molecule has 0 aliphatic rings. The maximum atomic E-state index is 12.3. The van der Waals surface area contributed by atoms with Crippen LogP contribution in [0, 0.1) is 6.92 Å². The molecule has 3 atom stereocenters. The van der Waals surface area contributed by atoms with Crippen LogP contribution in [0.1, 0.15) is 44.9 Å². The topological polar surface area (TPSA) is 119 Å². The molecule has 1 aromatic carbocycles. The summed E-state index contributed by atoms with van der Waals surface area (Å²) in [5, 5.41) is 23.0. The first-order chi connectivity index (χ1) is 16.0. The molecule has 9 heteroatoms. The number of carbonyl (C=O) groups excluding carboxylic acids is 1. The number of benzene rings is 1. The largest absolute Gasteiger partial charge is 0.462 e. The molecule has 2 aromatic heterocycles. The second-order valence-corrected chi connectivity index (χ2v) is 9.07. The third-order valence-electron chi connectivity index (χ3n) is 5.69. The van der Waals surface area contributed by atoms with Crippen molar-refractivity contribution in [3.8, 4) is 11.4 Å². The first kappa shape index (κ1) is 25.6. The maximum absolute atomic E-state index is 12.3. The van der Waals surface area contributed by atoms with Crippen molar-refractivity contribution >= 4 is 17.0 Å². The Morgan fingerprint density at radius 2 is 1.91 bits per heavy atom. The normalized spacial score (nSPS) is 14.4. The number of aliphatic hydroxyl groups excluding tert-OH is 2. The highest BCUT2D eigenvalue weighted by molar-refractivity contribution is 5.81. The summed E-state index contributed by atoms with van der Waals surface area (Å²) in [6.45, 7) is 9.00. The van der Waals surface area contributed by atoms with E-state index in [9.17, 15) is 19.8 Å². The molecule has 0 spiro atoms. The van der Waals surface area contributed by atoms with Gasteiger partial charge in [-0.3, -0.25) is 14.9 Å². The van der Waals surface area contributed by atoms with E-state index in [1.807, 2.05) is 29.7 Å². The Bertz CT molecular complexity index is 1200. The number of imidazole rings is 1. The summed E-state index contributed by atoms with van der Waals surface area (Å²) in [5.74, 6) is 0.155. The van der Waals surface area contributed by atoms with Crippen molar-refractivity contribution in [3.63, 3.8) is 0 Å². The molecule has 0 saturated carbocycles. The van der Waals surface area contributed by atoms with Crippen molar-refractivity contribution in [1.29, 1.82) is 0 Å². The highest BCUT2D eigenvalue weighted by Crippen LogP contribution is 2.29. The van der Waals surface area contributed by atoms with Crippen molar-refractivity contribution < 1.29 is 19.7 Å². The van der Waals surface area contributed by atoms with Crippen LogP contribution in [0.15, 0.2) is 35.3 Å². The highest BCUT2D eigenvalue weighted by atomic mass is 16.5. The van der Waals surface area contributed by atoms with E-state index in [-0.39, 0.29) is 24.3 Å². The van der Waals surface area contributed by atoms with Gasteiger partial charge in [-0.25, -0.2) is 4.98 Å². The molecule has 3 rings (SSSR count). The van der Waals surface area contributed by atoms with Crippen molar-refractivity contribution in [2.45, 2.75) is 65.5 Å². The third-order valence-corrected chi connectivity index (χ3v) is 5.69. The molecule has 0 aliphatic carbocycles. The number of ether oxygens (including phenoxy) is 1. The molecule has 2 heterocycles. The van der Waals surface area contributed by atoms with Crippen molar-refractivity contribution in [2.24, 2.45) is 7.05 Å². The van der Waals surface area contributed by atoms with Gasteiger partial charge in [-0.15, -0.1) is 0 Å². The summed E-state index contributed by atoms with van der Waals surface area (Å²) < 4.78 is 8.73. The standard InChI is InChI=1S/C25H34N4O5/c1-14(2)34-25(33)22(17(5)31)26-11-18-7-8-21-20(10-18)27-23(29(21)16(4)13-30)19-9-15(3)24(32)28(6)12-19/h7-10,12,14,16-17,22,26,30-31H,11,13H2,1-6H3/t16-,17+,22-/m0/s1. The van der Waals surface area contributed by atoms with E-state index in [2.05, 4.69) is 5.32 Å². The predicted octanol–water partition coefficient (Wildman–Crippen LogP) is 2.05. The number of esters is 1. The fourth-order valence-corrected chi connectivity index (χ4v) is 3.97. The van der Waals surface area contributed by atoms with E-state index >= 15 is 0 Å².